The minimum absolute atomic E-state index is 0.231. The quantitative estimate of drug-likeness (QED) is 0.512. The van der Waals surface area contributed by atoms with E-state index in [9.17, 15) is 4.79 Å². The third-order valence-electron chi connectivity index (χ3n) is 1.24. The van der Waals surface area contributed by atoms with Gasteiger partial charge in [0.05, 0.1) is 5.92 Å². The zero-order valence-electron chi connectivity index (χ0n) is 6.91. The highest BCUT2D eigenvalue weighted by Gasteiger charge is 2.08. The molecule has 1 unspecified atom stereocenters. The highest BCUT2D eigenvalue weighted by molar-refractivity contribution is 7.99. The predicted molar refractivity (Wildman–Crippen MR) is 48.9 cm³/mol. The smallest absolute Gasteiger partial charge is 0.307 e. The van der Waals surface area contributed by atoms with E-state index in [0.29, 0.717) is 5.75 Å². The van der Waals surface area contributed by atoms with Gasteiger partial charge in [0, 0.05) is 11.5 Å². The SMILES string of the molecule is CC=CCSCC(C)C(=O)O. The first-order valence-electron chi connectivity index (χ1n) is 3.60. The van der Waals surface area contributed by atoms with Gasteiger partial charge in [0.1, 0.15) is 0 Å². The van der Waals surface area contributed by atoms with Gasteiger partial charge in [0.25, 0.3) is 0 Å². The minimum Gasteiger partial charge on any atom is -0.481 e. The molecule has 0 aliphatic carbocycles. The van der Waals surface area contributed by atoms with Gasteiger partial charge in [-0.05, 0) is 6.92 Å². The Morgan fingerprint density at radius 2 is 2.36 bits per heavy atom. The molecule has 0 saturated heterocycles. The number of carbonyl (C=O) groups is 1. The van der Waals surface area contributed by atoms with Crippen molar-refractivity contribution in [3.8, 4) is 0 Å². The van der Waals surface area contributed by atoms with Crippen LogP contribution in [0.15, 0.2) is 12.2 Å². The van der Waals surface area contributed by atoms with Gasteiger partial charge in [-0.2, -0.15) is 11.8 Å². The lowest BCUT2D eigenvalue weighted by molar-refractivity contribution is -0.140. The van der Waals surface area contributed by atoms with E-state index in [1.54, 1.807) is 18.7 Å². The molecule has 0 rings (SSSR count). The second kappa shape index (κ2) is 6.28. The van der Waals surface area contributed by atoms with Crippen molar-refractivity contribution in [1.82, 2.24) is 0 Å². The Hall–Kier alpha value is -0.440. The first kappa shape index (κ1) is 10.6. The molecule has 0 fully saturated rings. The van der Waals surface area contributed by atoms with E-state index in [0.717, 1.165) is 5.75 Å². The number of rotatable bonds is 5. The van der Waals surface area contributed by atoms with Crippen molar-refractivity contribution < 1.29 is 9.90 Å². The highest BCUT2D eigenvalue weighted by atomic mass is 32.2. The predicted octanol–water partition coefficient (Wildman–Crippen LogP) is 2.02. The van der Waals surface area contributed by atoms with Crippen LogP contribution in [0.3, 0.4) is 0 Å². The second-order valence-electron chi connectivity index (χ2n) is 2.35. The van der Waals surface area contributed by atoms with Gasteiger partial charge in [-0.25, -0.2) is 0 Å². The Balaban J connectivity index is 3.31. The van der Waals surface area contributed by atoms with Gasteiger partial charge in [0.15, 0.2) is 0 Å². The van der Waals surface area contributed by atoms with Gasteiger partial charge in [0.2, 0.25) is 0 Å². The summed E-state index contributed by atoms with van der Waals surface area (Å²) in [6.07, 6.45) is 4.00. The van der Waals surface area contributed by atoms with Crippen LogP contribution in [0.1, 0.15) is 13.8 Å². The maximum Gasteiger partial charge on any atom is 0.307 e. The zero-order valence-corrected chi connectivity index (χ0v) is 7.73. The van der Waals surface area contributed by atoms with E-state index in [4.69, 9.17) is 5.11 Å². The molecule has 0 aliphatic rings. The number of hydrogen-bond acceptors (Lipinski definition) is 2. The van der Waals surface area contributed by atoms with E-state index in [1.165, 1.54) is 0 Å². The van der Waals surface area contributed by atoms with Crippen LogP contribution in [0, 0.1) is 5.92 Å². The molecule has 0 aromatic carbocycles. The minimum atomic E-state index is -0.710. The molecule has 0 aromatic heterocycles. The molecule has 0 aliphatic heterocycles. The van der Waals surface area contributed by atoms with Crippen molar-refractivity contribution >= 4 is 17.7 Å². The Morgan fingerprint density at radius 1 is 1.73 bits per heavy atom. The summed E-state index contributed by atoms with van der Waals surface area (Å²) in [7, 11) is 0. The second-order valence-corrected chi connectivity index (χ2v) is 3.42. The molecule has 0 aromatic rings. The highest BCUT2D eigenvalue weighted by Crippen LogP contribution is 2.08. The molecule has 64 valence electrons. The fourth-order valence-corrected chi connectivity index (χ4v) is 1.44. The van der Waals surface area contributed by atoms with Crippen molar-refractivity contribution in [2.45, 2.75) is 13.8 Å². The van der Waals surface area contributed by atoms with Crippen LogP contribution in [-0.2, 0) is 4.79 Å². The van der Waals surface area contributed by atoms with Crippen LogP contribution in [0.5, 0.6) is 0 Å². The number of carboxylic acid groups (broad SMARTS) is 1. The molecule has 0 spiro atoms. The van der Waals surface area contributed by atoms with Crippen molar-refractivity contribution in [1.29, 1.82) is 0 Å². The van der Waals surface area contributed by atoms with Crippen molar-refractivity contribution in [2.75, 3.05) is 11.5 Å². The van der Waals surface area contributed by atoms with Gasteiger partial charge in [-0.3, -0.25) is 4.79 Å². The number of carboxylic acids is 1. The van der Waals surface area contributed by atoms with E-state index in [-0.39, 0.29) is 5.92 Å². The van der Waals surface area contributed by atoms with E-state index in [1.807, 2.05) is 19.1 Å². The van der Waals surface area contributed by atoms with Gasteiger partial charge in [-0.1, -0.05) is 19.1 Å². The van der Waals surface area contributed by atoms with Crippen LogP contribution in [0.25, 0.3) is 0 Å². The lowest BCUT2D eigenvalue weighted by Crippen LogP contribution is -2.11. The molecule has 11 heavy (non-hydrogen) atoms. The summed E-state index contributed by atoms with van der Waals surface area (Å²) in [6.45, 7) is 3.69. The monoisotopic (exact) mass is 174 g/mol. The zero-order chi connectivity index (χ0) is 8.69. The molecule has 1 N–H and O–H groups in total. The number of hydrogen-bond donors (Lipinski definition) is 1. The van der Waals surface area contributed by atoms with E-state index < -0.39 is 5.97 Å². The van der Waals surface area contributed by atoms with Crippen LogP contribution in [0.2, 0.25) is 0 Å². The Morgan fingerprint density at radius 3 is 2.82 bits per heavy atom. The number of thioether (sulfide) groups is 1. The van der Waals surface area contributed by atoms with Crippen LogP contribution < -0.4 is 0 Å². The molecular weight excluding hydrogens is 160 g/mol. The van der Waals surface area contributed by atoms with Crippen LogP contribution >= 0.6 is 11.8 Å². The summed E-state index contributed by atoms with van der Waals surface area (Å²) in [5.74, 6) is 0.664. The standard InChI is InChI=1S/C8H14O2S/c1-3-4-5-11-6-7(2)8(9)10/h3-4,7H,5-6H2,1-2H3,(H,9,10). The molecule has 1 atom stereocenters. The van der Waals surface area contributed by atoms with Gasteiger partial charge in [-0.15, -0.1) is 0 Å². The first-order chi connectivity index (χ1) is 5.18. The third kappa shape index (κ3) is 5.98. The van der Waals surface area contributed by atoms with Gasteiger partial charge < -0.3 is 5.11 Å². The molecular formula is C8H14O2S. The van der Waals surface area contributed by atoms with Crippen LogP contribution in [-0.4, -0.2) is 22.6 Å². The van der Waals surface area contributed by atoms with Crippen molar-refractivity contribution in [3.63, 3.8) is 0 Å². The molecule has 0 saturated carbocycles. The average Bonchev–Trinajstić information content (AvgIpc) is 1.97. The Bertz CT molecular complexity index is 143. The number of allylic oxidation sites excluding steroid dienone is 1. The summed E-state index contributed by atoms with van der Waals surface area (Å²) in [5.41, 5.74) is 0. The molecule has 2 nitrogen and oxygen atoms in total. The summed E-state index contributed by atoms with van der Waals surface area (Å²) in [5, 5.41) is 8.51. The van der Waals surface area contributed by atoms with E-state index in [2.05, 4.69) is 0 Å². The molecule has 0 bridgehead atoms. The third-order valence-corrected chi connectivity index (χ3v) is 2.40. The molecule has 3 heteroatoms. The first-order valence-corrected chi connectivity index (χ1v) is 4.75. The Kier molecular flexibility index (Phi) is 6.03. The molecule has 0 heterocycles. The lowest BCUT2D eigenvalue weighted by Gasteiger charge is -2.02. The Labute approximate surface area is 71.7 Å². The lowest BCUT2D eigenvalue weighted by atomic mass is 10.2. The molecule has 0 amide bonds. The molecule has 0 radical (unpaired) electrons. The normalized spacial score (nSPS) is 13.6. The van der Waals surface area contributed by atoms with Gasteiger partial charge >= 0.3 is 5.97 Å². The van der Waals surface area contributed by atoms with Crippen molar-refractivity contribution in [3.05, 3.63) is 12.2 Å². The fraction of sp³-hybridized carbons (Fsp3) is 0.625. The van der Waals surface area contributed by atoms with Crippen molar-refractivity contribution in [2.24, 2.45) is 5.92 Å². The topological polar surface area (TPSA) is 37.3 Å². The summed E-state index contributed by atoms with van der Waals surface area (Å²) in [4.78, 5) is 10.3. The largest absolute Gasteiger partial charge is 0.481 e. The van der Waals surface area contributed by atoms with E-state index >= 15 is 0 Å². The number of aliphatic carboxylic acids is 1. The summed E-state index contributed by atoms with van der Waals surface area (Å²) >= 11 is 1.65. The fourth-order valence-electron chi connectivity index (χ4n) is 0.480. The summed E-state index contributed by atoms with van der Waals surface area (Å²) in [6, 6.07) is 0. The maximum atomic E-state index is 10.3. The maximum absolute atomic E-state index is 10.3. The van der Waals surface area contributed by atoms with Crippen LogP contribution in [0.4, 0.5) is 0 Å². The summed E-state index contributed by atoms with van der Waals surface area (Å²) < 4.78 is 0. The average molecular weight is 174 g/mol.